The molecule has 0 saturated carbocycles. The van der Waals surface area contributed by atoms with Gasteiger partial charge in [0.1, 0.15) is 31.3 Å². The van der Waals surface area contributed by atoms with E-state index in [9.17, 15) is 58.2 Å². The molecule has 7 heterocycles. The molecule has 1 saturated heterocycles. The highest BCUT2D eigenvalue weighted by Crippen LogP contribution is 2.44. The molecule has 2 aromatic carbocycles. The van der Waals surface area contributed by atoms with E-state index in [1.165, 1.54) is 42.2 Å². The van der Waals surface area contributed by atoms with Crippen molar-refractivity contribution in [2.24, 2.45) is 5.92 Å². The van der Waals surface area contributed by atoms with Crippen molar-refractivity contribution in [3.05, 3.63) is 92.3 Å². The summed E-state index contributed by atoms with van der Waals surface area (Å²) in [7, 11) is 0. The summed E-state index contributed by atoms with van der Waals surface area (Å²) in [6.07, 6.45) is 6.71. The zero-order valence-corrected chi connectivity index (χ0v) is 47.7. The minimum atomic E-state index is -1.77. The quantitative estimate of drug-likeness (QED) is 0.0250. The number of pyridine rings is 2. The SMILES string of the molecule is C#CCc1c2c(c(=O)n3c1-c1nc4cc5c(cc4c(CNCC(O)CN4CCCCC4)c1C3)OCO5)COC(=O)[C@H]2OC(=O)OCc1ccc(NC(=O)[C@H](CCC(=O)O)NC(=O)[C@H](C)NC(=O)[C@@H](CC(C)C)NC(=O)CCN2C(=O)C=CC2=O)cc1. The first-order valence-corrected chi connectivity index (χ1v) is 28.4. The van der Waals surface area contributed by atoms with Crippen LogP contribution in [0.2, 0.25) is 0 Å². The highest BCUT2D eigenvalue weighted by atomic mass is 16.7. The van der Waals surface area contributed by atoms with Crippen molar-refractivity contribution in [2.75, 3.05) is 44.8 Å². The number of aliphatic hydroxyl groups is 1. The van der Waals surface area contributed by atoms with Gasteiger partial charge in [0, 0.05) is 85.9 Å². The number of piperidine rings is 1. The fourth-order valence-corrected chi connectivity index (χ4v) is 11.0. The Labute approximate surface area is 493 Å². The smallest absolute Gasteiger partial charge is 0.481 e. The maximum absolute atomic E-state index is 14.6. The van der Waals surface area contributed by atoms with Crippen LogP contribution in [0, 0.1) is 18.3 Å². The summed E-state index contributed by atoms with van der Waals surface area (Å²) in [5, 5.41) is 34.8. The molecule has 0 spiro atoms. The number of aliphatic carboxylic acids is 1. The fraction of sp³-hybridized carbons (Fsp3) is 0.450. The summed E-state index contributed by atoms with van der Waals surface area (Å²) < 4.78 is 29.5. The molecule has 4 aromatic rings. The first-order valence-electron chi connectivity index (χ1n) is 28.4. The average Bonchev–Trinajstić information content (AvgIpc) is 1.51. The number of nitrogens with one attached hydrogen (secondary N) is 5. The van der Waals surface area contributed by atoms with Gasteiger partial charge in [-0.25, -0.2) is 14.6 Å². The Morgan fingerprint density at radius 3 is 2.27 bits per heavy atom. The van der Waals surface area contributed by atoms with Gasteiger partial charge in [0.2, 0.25) is 36.5 Å². The molecule has 26 nitrogen and oxygen atoms in total. The topological polar surface area (TPSA) is 342 Å². The van der Waals surface area contributed by atoms with Crippen LogP contribution in [0.4, 0.5) is 10.5 Å². The predicted molar refractivity (Wildman–Crippen MR) is 304 cm³/mol. The third kappa shape index (κ3) is 14.3. The largest absolute Gasteiger partial charge is 0.509 e. The molecule has 6 amide bonds. The van der Waals surface area contributed by atoms with E-state index in [1.54, 1.807) is 6.07 Å². The Balaban J connectivity index is 0.844. The summed E-state index contributed by atoms with van der Waals surface area (Å²) in [6, 6.07) is 5.67. The van der Waals surface area contributed by atoms with Gasteiger partial charge in [-0.1, -0.05) is 32.4 Å². The van der Waals surface area contributed by atoms with E-state index >= 15 is 0 Å². The Bertz CT molecular complexity index is 3480. The second-order valence-corrected chi connectivity index (χ2v) is 22.0. The highest BCUT2D eigenvalue weighted by Gasteiger charge is 2.42. The number of hydrogen-bond acceptors (Lipinski definition) is 19. The number of carboxylic acids is 1. The third-order valence-corrected chi connectivity index (χ3v) is 15.3. The van der Waals surface area contributed by atoms with Gasteiger partial charge in [0.15, 0.2) is 11.5 Å². The number of ether oxygens (including phenoxy) is 5. The minimum Gasteiger partial charge on any atom is -0.481 e. The van der Waals surface area contributed by atoms with E-state index in [2.05, 4.69) is 37.4 Å². The number of anilines is 1. The van der Waals surface area contributed by atoms with Crippen LogP contribution in [0.1, 0.15) is 105 Å². The van der Waals surface area contributed by atoms with Crippen molar-refractivity contribution in [1.82, 2.24) is 40.6 Å². The number of carbonyl (C=O) groups is 9. The second kappa shape index (κ2) is 27.2. The molecule has 9 rings (SSSR count). The predicted octanol–water partition coefficient (Wildman–Crippen LogP) is 2.36. The summed E-state index contributed by atoms with van der Waals surface area (Å²) in [6.45, 7) is 6.98. The number of imide groups is 1. The van der Waals surface area contributed by atoms with E-state index in [0.717, 1.165) is 53.9 Å². The number of fused-ring (bicyclic) bond motifs is 6. The molecule has 2 aromatic heterocycles. The van der Waals surface area contributed by atoms with E-state index < -0.39 is 109 Å². The first-order chi connectivity index (χ1) is 41.3. The molecule has 7 N–H and O–H groups in total. The lowest BCUT2D eigenvalue weighted by molar-refractivity contribution is -0.159. The van der Waals surface area contributed by atoms with Crippen LogP contribution in [-0.2, 0) is 85.3 Å². The van der Waals surface area contributed by atoms with Gasteiger partial charge in [-0.2, -0.15) is 0 Å². The van der Waals surface area contributed by atoms with Crippen LogP contribution >= 0.6 is 0 Å². The molecule has 454 valence electrons. The van der Waals surface area contributed by atoms with E-state index in [1.807, 2.05) is 19.9 Å². The first kappa shape index (κ1) is 61.4. The van der Waals surface area contributed by atoms with Crippen LogP contribution in [0.15, 0.2) is 53.3 Å². The number of aromatic nitrogens is 2. The summed E-state index contributed by atoms with van der Waals surface area (Å²) >= 11 is 0. The molecular weight excluding hydrogens is 1120 g/mol. The van der Waals surface area contributed by atoms with Gasteiger partial charge in [-0.05, 0) is 86.5 Å². The molecule has 0 bridgehead atoms. The van der Waals surface area contributed by atoms with Crippen LogP contribution in [0.25, 0.3) is 22.3 Å². The zero-order chi connectivity index (χ0) is 61.3. The van der Waals surface area contributed by atoms with Crippen molar-refractivity contribution in [3.63, 3.8) is 0 Å². The molecule has 26 heteroatoms. The normalized spacial score (nSPS) is 17.1. The minimum absolute atomic E-state index is 0.0204. The number of esters is 1. The van der Waals surface area contributed by atoms with Crippen molar-refractivity contribution in [2.45, 2.75) is 129 Å². The van der Waals surface area contributed by atoms with Gasteiger partial charge >= 0.3 is 18.1 Å². The monoisotopic (exact) mass is 1190 g/mol. The van der Waals surface area contributed by atoms with E-state index in [-0.39, 0.29) is 74.8 Å². The summed E-state index contributed by atoms with van der Waals surface area (Å²) in [5.74, 6) is -2.81. The number of aliphatic hydroxyl groups excluding tert-OH is 1. The molecule has 0 radical (unpaired) electrons. The number of cyclic esters (lactones) is 1. The molecule has 1 unspecified atom stereocenters. The summed E-state index contributed by atoms with van der Waals surface area (Å²) in [5.41, 5.74) is 3.30. The lowest BCUT2D eigenvalue weighted by Crippen LogP contribution is -2.55. The van der Waals surface area contributed by atoms with Crippen LogP contribution < -0.4 is 41.6 Å². The van der Waals surface area contributed by atoms with Crippen molar-refractivity contribution < 1.29 is 77.0 Å². The molecule has 5 atom stereocenters. The van der Waals surface area contributed by atoms with Crippen molar-refractivity contribution in [3.8, 4) is 35.2 Å². The van der Waals surface area contributed by atoms with Crippen LogP contribution in [-0.4, -0.2) is 147 Å². The molecule has 86 heavy (non-hydrogen) atoms. The van der Waals surface area contributed by atoms with E-state index in [4.69, 9.17) is 35.1 Å². The van der Waals surface area contributed by atoms with Crippen LogP contribution in [0.5, 0.6) is 11.5 Å². The zero-order valence-electron chi connectivity index (χ0n) is 47.7. The van der Waals surface area contributed by atoms with Gasteiger partial charge in [-0.3, -0.25) is 43.3 Å². The number of hydrogen-bond donors (Lipinski definition) is 7. The van der Waals surface area contributed by atoms with Crippen LogP contribution in [0.3, 0.4) is 0 Å². The fourth-order valence-electron chi connectivity index (χ4n) is 11.0. The Morgan fingerprint density at radius 2 is 1.57 bits per heavy atom. The van der Waals surface area contributed by atoms with Gasteiger partial charge in [0.25, 0.3) is 17.4 Å². The average molecular weight is 1190 g/mol. The number of rotatable bonds is 25. The number of likely N-dealkylation sites (tertiary alicyclic amines) is 1. The number of β-amino-alcohol motifs (C(OH)–C–C–N with tert-alkyl or cyclic N) is 1. The summed E-state index contributed by atoms with van der Waals surface area (Å²) in [4.78, 5) is 139. The molecule has 5 aliphatic heterocycles. The van der Waals surface area contributed by atoms with Crippen molar-refractivity contribution in [1.29, 1.82) is 0 Å². The number of carboxylic acid groups (broad SMARTS) is 1. The molecular formula is C60H67N9O17. The van der Waals surface area contributed by atoms with E-state index in [0.29, 0.717) is 58.2 Å². The van der Waals surface area contributed by atoms with Crippen molar-refractivity contribution >= 4 is 70.1 Å². The Morgan fingerprint density at radius 1 is 0.849 bits per heavy atom. The number of amides is 6. The molecule has 5 aliphatic rings. The Kier molecular flexibility index (Phi) is 19.4. The van der Waals surface area contributed by atoms with Gasteiger partial charge in [0.05, 0.1) is 35.1 Å². The highest BCUT2D eigenvalue weighted by molar-refractivity contribution is 6.13. The second-order valence-electron chi connectivity index (χ2n) is 22.0. The Hall–Kier alpha value is -9.19. The number of benzene rings is 2. The lowest BCUT2D eigenvalue weighted by atomic mass is 9.91. The number of nitrogens with zero attached hydrogens (tertiary/aromatic N) is 4. The van der Waals surface area contributed by atoms with Gasteiger partial charge < -0.3 is 69.9 Å². The standard InChI is InChI=1S/C60H67N9O17/c1-5-9-37-51-41(58(79)69-28-40-39(26-61-25-36(70)27-67-19-7-6-8-20-67)38-23-45-46(85-31-84-45)24-43(38)65-52(40)53(37)69)30-82-59(80)54(51)86-60(81)83-29-34-10-12-35(13-11-34)63-56(77)42(14-17-50(74)75)66-55(76)33(4)62-57(78)44(22-32(2)3)64-47(71)18-21-68-48(72)15-16-49(68)73/h1,10-13,15-16,23-24,32-33,36,42,44,54,61,70H,6-9,14,17-22,25-31H2,2-4H3,(H,62,78)(H,63,77)(H,64,71)(H,66,76)(H,74,75)/t33-,36?,42-,44+,54-/m0/s1. The maximum atomic E-state index is 14.6. The third-order valence-electron chi connectivity index (χ3n) is 15.3. The van der Waals surface area contributed by atoms with Gasteiger partial charge in [-0.15, -0.1) is 12.3 Å². The molecule has 1 fully saturated rings. The number of carbonyl (C=O) groups excluding carboxylic acids is 8. The number of terminal acetylenes is 1. The molecule has 0 aliphatic carbocycles. The maximum Gasteiger partial charge on any atom is 0.509 e. The lowest BCUT2D eigenvalue weighted by Gasteiger charge is -2.28.